The van der Waals surface area contributed by atoms with Crippen LogP contribution in [0, 0.1) is 17.5 Å². The number of carbonyl (C=O) groups is 1. The van der Waals surface area contributed by atoms with Gasteiger partial charge in [0.1, 0.15) is 0 Å². The Balaban J connectivity index is 2.25. The van der Waals surface area contributed by atoms with Crippen LogP contribution in [0.2, 0.25) is 0 Å². The second kappa shape index (κ2) is 4.82. The van der Waals surface area contributed by atoms with Gasteiger partial charge in [-0.3, -0.25) is 9.78 Å². The van der Waals surface area contributed by atoms with Gasteiger partial charge in [0.05, 0.1) is 6.20 Å². The van der Waals surface area contributed by atoms with Gasteiger partial charge in [-0.05, 0) is 12.1 Å². The molecule has 0 aliphatic carbocycles. The van der Waals surface area contributed by atoms with E-state index in [2.05, 4.69) is 15.3 Å². The van der Waals surface area contributed by atoms with Crippen LogP contribution in [0.25, 0.3) is 0 Å². The highest BCUT2D eigenvalue weighted by Gasteiger charge is 2.15. The molecule has 2 aromatic rings. The van der Waals surface area contributed by atoms with Crippen LogP contribution in [0.3, 0.4) is 0 Å². The van der Waals surface area contributed by atoms with Gasteiger partial charge < -0.3 is 5.32 Å². The van der Waals surface area contributed by atoms with Crippen LogP contribution in [0.15, 0.2) is 30.7 Å². The van der Waals surface area contributed by atoms with Crippen LogP contribution in [0.1, 0.15) is 10.4 Å². The zero-order chi connectivity index (χ0) is 13.1. The highest BCUT2D eigenvalue weighted by atomic mass is 19.2. The Morgan fingerprint density at radius 1 is 1.11 bits per heavy atom. The highest BCUT2D eigenvalue weighted by molar-refractivity contribution is 6.03. The molecule has 1 aromatic heterocycles. The van der Waals surface area contributed by atoms with Crippen LogP contribution < -0.4 is 5.32 Å². The Labute approximate surface area is 99.5 Å². The van der Waals surface area contributed by atoms with Crippen molar-refractivity contribution in [3.8, 4) is 0 Å². The lowest BCUT2D eigenvalue weighted by molar-refractivity contribution is 0.102. The van der Waals surface area contributed by atoms with Gasteiger partial charge in [0.25, 0.3) is 5.91 Å². The van der Waals surface area contributed by atoms with Gasteiger partial charge in [0, 0.05) is 18.0 Å². The van der Waals surface area contributed by atoms with E-state index in [1.165, 1.54) is 18.6 Å². The maximum atomic E-state index is 12.9. The van der Waals surface area contributed by atoms with Crippen molar-refractivity contribution in [3.63, 3.8) is 0 Å². The van der Waals surface area contributed by atoms with Crippen molar-refractivity contribution >= 4 is 11.7 Å². The summed E-state index contributed by atoms with van der Waals surface area (Å²) in [6, 6.07) is 1.20. The summed E-state index contributed by atoms with van der Waals surface area (Å²) < 4.78 is 38.5. The van der Waals surface area contributed by atoms with E-state index in [9.17, 15) is 18.0 Å². The average molecular weight is 253 g/mol. The fraction of sp³-hybridized carbons (Fsp3) is 0. The molecular weight excluding hydrogens is 247 g/mol. The topological polar surface area (TPSA) is 54.9 Å². The minimum Gasteiger partial charge on any atom is -0.305 e. The highest BCUT2D eigenvalue weighted by Crippen LogP contribution is 2.14. The van der Waals surface area contributed by atoms with E-state index in [1.807, 2.05) is 0 Å². The minimum atomic E-state index is -1.62. The third-order valence-electron chi connectivity index (χ3n) is 2.05. The normalized spacial score (nSPS) is 10.2. The van der Waals surface area contributed by atoms with E-state index in [1.54, 1.807) is 0 Å². The first kappa shape index (κ1) is 12.0. The predicted octanol–water partition coefficient (Wildman–Crippen LogP) is 2.15. The molecule has 0 aliphatic rings. The summed E-state index contributed by atoms with van der Waals surface area (Å²) in [5, 5.41) is 2.26. The molecule has 0 spiro atoms. The monoisotopic (exact) mass is 253 g/mol. The lowest BCUT2D eigenvalue weighted by Gasteiger charge is -2.04. The summed E-state index contributed by atoms with van der Waals surface area (Å²) in [5.41, 5.74) is -0.350. The lowest BCUT2D eigenvalue weighted by Crippen LogP contribution is -2.14. The van der Waals surface area contributed by atoms with Crippen molar-refractivity contribution in [2.75, 3.05) is 5.32 Å². The Morgan fingerprint density at radius 3 is 2.33 bits per heavy atom. The first-order valence-corrected chi connectivity index (χ1v) is 4.80. The van der Waals surface area contributed by atoms with Crippen LogP contribution in [-0.4, -0.2) is 15.9 Å². The van der Waals surface area contributed by atoms with E-state index >= 15 is 0 Å². The second-order valence-electron chi connectivity index (χ2n) is 3.30. The van der Waals surface area contributed by atoms with Gasteiger partial charge in [0.2, 0.25) is 0 Å². The third kappa shape index (κ3) is 2.45. The number of benzene rings is 1. The van der Waals surface area contributed by atoms with Crippen molar-refractivity contribution in [1.29, 1.82) is 0 Å². The molecule has 0 atom stereocenters. The Kier molecular flexibility index (Phi) is 3.22. The molecule has 0 saturated heterocycles. The summed E-state index contributed by atoms with van der Waals surface area (Å²) in [6.07, 6.45) is 3.99. The summed E-state index contributed by atoms with van der Waals surface area (Å²) in [5.74, 6) is -5.18. The van der Waals surface area contributed by atoms with Crippen molar-refractivity contribution in [2.45, 2.75) is 0 Å². The SMILES string of the molecule is O=C(Nc1cnccn1)c1cc(F)c(F)c(F)c1. The van der Waals surface area contributed by atoms with Crippen molar-refractivity contribution < 1.29 is 18.0 Å². The molecule has 1 N–H and O–H groups in total. The molecule has 0 fully saturated rings. The average Bonchev–Trinajstić information content (AvgIpc) is 2.36. The Morgan fingerprint density at radius 2 is 1.78 bits per heavy atom. The third-order valence-corrected chi connectivity index (χ3v) is 2.05. The van der Waals surface area contributed by atoms with Gasteiger partial charge in [-0.1, -0.05) is 0 Å². The number of nitrogens with one attached hydrogen (secondary N) is 1. The Hall–Kier alpha value is -2.44. The lowest BCUT2D eigenvalue weighted by atomic mass is 10.2. The molecule has 0 radical (unpaired) electrons. The minimum absolute atomic E-state index is 0.118. The van der Waals surface area contributed by atoms with Gasteiger partial charge >= 0.3 is 0 Å². The molecular formula is C11H6F3N3O. The Bertz CT molecular complexity index is 566. The molecule has 1 heterocycles. The summed E-state index contributed by atoms with van der Waals surface area (Å²) in [7, 11) is 0. The molecule has 0 aliphatic heterocycles. The number of anilines is 1. The second-order valence-corrected chi connectivity index (χ2v) is 3.30. The number of halogens is 3. The van der Waals surface area contributed by atoms with E-state index in [-0.39, 0.29) is 11.4 Å². The summed E-state index contributed by atoms with van der Waals surface area (Å²) in [4.78, 5) is 19.0. The van der Waals surface area contributed by atoms with E-state index < -0.39 is 23.4 Å². The predicted molar refractivity (Wildman–Crippen MR) is 56.3 cm³/mol. The molecule has 2 rings (SSSR count). The zero-order valence-corrected chi connectivity index (χ0v) is 8.82. The van der Waals surface area contributed by atoms with Gasteiger partial charge in [-0.25, -0.2) is 18.2 Å². The maximum absolute atomic E-state index is 12.9. The first-order valence-electron chi connectivity index (χ1n) is 4.80. The smallest absolute Gasteiger partial charge is 0.257 e. The number of nitrogens with zero attached hydrogens (tertiary/aromatic N) is 2. The number of amides is 1. The fourth-order valence-electron chi connectivity index (χ4n) is 1.24. The van der Waals surface area contributed by atoms with Crippen LogP contribution in [0.4, 0.5) is 19.0 Å². The summed E-state index contributed by atoms with van der Waals surface area (Å²) in [6.45, 7) is 0. The largest absolute Gasteiger partial charge is 0.305 e. The molecule has 0 unspecified atom stereocenters. The van der Waals surface area contributed by atoms with Crippen LogP contribution in [-0.2, 0) is 0 Å². The van der Waals surface area contributed by atoms with E-state index in [0.717, 1.165) is 0 Å². The number of hydrogen-bond acceptors (Lipinski definition) is 3. The van der Waals surface area contributed by atoms with Gasteiger partial charge in [-0.15, -0.1) is 0 Å². The number of rotatable bonds is 2. The molecule has 0 bridgehead atoms. The zero-order valence-electron chi connectivity index (χ0n) is 8.82. The first-order chi connectivity index (χ1) is 8.58. The maximum Gasteiger partial charge on any atom is 0.257 e. The number of carbonyl (C=O) groups excluding carboxylic acids is 1. The van der Waals surface area contributed by atoms with Crippen LogP contribution in [0.5, 0.6) is 0 Å². The molecule has 18 heavy (non-hydrogen) atoms. The van der Waals surface area contributed by atoms with Crippen molar-refractivity contribution in [3.05, 3.63) is 53.7 Å². The van der Waals surface area contributed by atoms with Gasteiger partial charge in [0.15, 0.2) is 23.3 Å². The standard InChI is InChI=1S/C11H6F3N3O/c12-7-3-6(4-8(13)10(7)14)11(18)17-9-5-15-1-2-16-9/h1-5H,(H,16,17,18). The van der Waals surface area contributed by atoms with Crippen molar-refractivity contribution in [2.24, 2.45) is 0 Å². The molecule has 7 heteroatoms. The molecule has 0 saturated carbocycles. The molecule has 1 aromatic carbocycles. The van der Waals surface area contributed by atoms with Crippen molar-refractivity contribution in [1.82, 2.24) is 9.97 Å². The van der Waals surface area contributed by atoms with Crippen LogP contribution >= 0.6 is 0 Å². The van der Waals surface area contributed by atoms with E-state index in [0.29, 0.717) is 12.1 Å². The quantitative estimate of drug-likeness (QED) is 0.834. The molecule has 4 nitrogen and oxygen atoms in total. The number of aromatic nitrogens is 2. The molecule has 1 amide bonds. The number of hydrogen-bond donors (Lipinski definition) is 1. The van der Waals surface area contributed by atoms with Gasteiger partial charge in [-0.2, -0.15) is 0 Å². The fourth-order valence-corrected chi connectivity index (χ4v) is 1.24. The van der Waals surface area contributed by atoms with E-state index in [4.69, 9.17) is 0 Å². The molecule has 92 valence electrons. The summed E-state index contributed by atoms with van der Waals surface area (Å²) >= 11 is 0.